The van der Waals surface area contributed by atoms with E-state index in [1.807, 2.05) is 24.3 Å². The van der Waals surface area contributed by atoms with Gasteiger partial charge < -0.3 is 9.67 Å². The highest BCUT2D eigenvalue weighted by Crippen LogP contribution is 2.14. The Morgan fingerprint density at radius 3 is 2.47 bits per heavy atom. The molecular weight excluding hydrogens is 216 g/mol. The number of nitrogens with zero attached hydrogens (tertiary/aromatic N) is 2. The van der Waals surface area contributed by atoms with Crippen molar-refractivity contribution in [3.05, 3.63) is 47.5 Å². The summed E-state index contributed by atoms with van der Waals surface area (Å²) in [7, 11) is 0. The van der Waals surface area contributed by atoms with Crippen LogP contribution in [0.2, 0.25) is 0 Å². The number of carbonyl (C=O) groups is 1. The molecule has 4 heteroatoms. The fraction of sp³-hybridized carbons (Fsp3) is 0.231. The molecule has 1 heterocycles. The molecule has 2 aromatic rings. The Balaban J connectivity index is 2.41. The zero-order valence-electron chi connectivity index (χ0n) is 9.84. The van der Waals surface area contributed by atoms with Gasteiger partial charge in [0.25, 0.3) is 0 Å². The molecule has 0 aliphatic carbocycles. The summed E-state index contributed by atoms with van der Waals surface area (Å²) < 4.78 is 1.78. The summed E-state index contributed by atoms with van der Waals surface area (Å²) in [5, 5.41) is 8.88. The molecule has 0 unspecified atom stereocenters. The lowest BCUT2D eigenvalue weighted by Gasteiger charge is -2.05. The third-order valence-electron chi connectivity index (χ3n) is 2.72. The van der Waals surface area contributed by atoms with Crippen LogP contribution in [0.5, 0.6) is 0 Å². The van der Waals surface area contributed by atoms with E-state index < -0.39 is 5.97 Å². The fourth-order valence-corrected chi connectivity index (χ4v) is 1.73. The maximum atomic E-state index is 10.8. The molecule has 2 rings (SSSR count). The first kappa shape index (κ1) is 11.4. The van der Waals surface area contributed by atoms with Crippen molar-refractivity contribution < 1.29 is 9.90 Å². The Bertz CT molecular complexity index is 541. The number of carboxylic acid groups (broad SMARTS) is 1. The first-order valence-electron chi connectivity index (χ1n) is 5.50. The van der Waals surface area contributed by atoms with Crippen molar-refractivity contribution in [1.29, 1.82) is 0 Å². The third-order valence-corrected chi connectivity index (χ3v) is 2.72. The van der Waals surface area contributed by atoms with Gasteiger partial charge in [0.05, 0.1) is 0 Å². The number of aromatic nitrogens is 2. The van der Waals surface area contributed by atoms with E-state index in [4.69, 9.17) is 5.11 Å². The van der Waals surface area contributed by atoms with Crippen molar-refractivity contribution in [2.75, 3.05) is 0 Å². The predicted molar refractivity (Wildman–Crippen MR) is 64.6 cm³/mol. The average molecular weight is 230 g/mol. The summed E-state index contributed by atoms with van der Waals surface area (Å²) in [6.07, 6.45) is 2.53. The standard InChI is InChI=1S/C13H14N2O2/c1-3-10-4-6-11(7-5-10)15-8-12(13(16)17)14-9(15)2/h4-8H,3H2,1-2H3,(H,16,17). The average Bonchev–Trinajstić information content (AvgIpc) is 2.72. The lowest BCUT2D eigenvalue weighted by Crippen LogP contribution is -1.96. The molecule has 1 aromatic carbocycles. The summed E-state index contributed by atoms with van der Waals surface area (Å²) in [6.45, 7) is 3.89. The second-order valence-corrected chi connectivity index (χ2v) is 3.87. The molecule has 0 saturated carbocycles. The number of imidazole rings is 1. The highest BCUT2D eigenvalue weighted by atomic mass is 16.4. The van der Waals surface area contributed by atoms with Gasteiger partial charge in [-0.2, -0.15) is 0 Å². The van der Waals surface area contributed by atoms with E-state index in [2.05, 4.69) is 11.9 Å². The summed E-state index contributed by atoms with van der Waals surface area (Å²) >= 11 is 0. The van der Waals surface area contributed by atoms with Crippen LogP contribution in [0, 0.1) is 6.92 Å². The molecule has 0 bridgehead atoms. The Hall–Kier alpha value is -2.10. The Morgan fingerprint density at radius 1 is 1.35 bits per heavy atom. The number of hydrogen-bond acceptors (Lipinski definition) is 2. The molecule has 0 saturated heterocycles. The van der Waals surface area contributed by atoms with Gasteiger partial charge in [-0.15, -0.1) is 0 Å². The number of hydrogen-bond donors (Lipinski definition) is 1. The minimum Gasteiger partial charge on any atom is -0.476 e. The second kappa shape index (κ2) is 4.41. The maximum absolute atomic E-state index is 10.8. The monoisotopic (exact) mass is 230 g/mol. The third kappa shape index (κ3) is 2.20. The maximum Gasteiger partial charge on any atom is 0.356 e. The van der Waals surface area contributed by atoms with Crippen molar-refractivity contribution in [2.24, 2.45) is 0 Å². The number of rotatable bonds is 3. The zero-order valence-corrected chi connectivity index (χ0v) is 9.84. The molecule has 88 valence electrons. The molecule has 0 aliphatic rings. The highest BCUT2D eigenvalue weighted by Gasteiger charge is 2.11. The molecule has 0 radical (unpaired) electrons. The van der Waals surface area contributed by atoms with Crippen LogP contribution >= 0.6 is 0 Å². The zero-order chi connectivity index (χ0) is 12.4. The van der Waals surface area contributed by atoms with E-state index in [0.717, 1.165) is 12.1 Å². The summed E-state index contributed by atoms with van der Waals surface area (Å²) in [4.78, 5) is 14.8. The fourth-order valence-electron chi connectivity index (χ4n) is 1.73. The van der Waals surface area contributed by atoms with E-state index in [-0.39, 0.29) is 5.69 Å². The van der Waals surface area contributed by atoms with Crippen molar-refractivity contribution in [3.63, 3.8) is 0 Å². The first-order chi connectivity index (χ1) is 8.11. The van der Waals surface area contributed by atoms with Crippen LogP contribution in [0.1, 0.15) is 28.8 Å². The topological polar surface area (TPSA) is 55.1 Å². The molecule has 0 atom stereocenters. The van der Waals surface area contributed by atoms with Gasteiger partial charge in [0.15, 0.2) is 5.69 Å². The van der Waals surface area contributed by atoms with Gasteiger partial charge in [0.1, 0.15) is 5.82 Å². The van der Waals surface area contributed by atoms with Gasteiger partial charge in [0.2, 0.25) is 0 Å². The van der Waals surface area contributed by atoms with Gasteiger partial charge in [-0.25, -0.2) is 9.78 Å². The van der Waals surface area contributed by atoms with Crippen molar-refractivity contribution in [3.8, 4) is 5.69 Å². The predicted octanol–water partition coefficient (Wildman–Crippen LogP) is 2.44. The van der Waals surface area contributed by atoms with Crippen LogP contribution in [0.15, 0.2) is 30.5 Å². The molecule has 0 fully saturated rings. The van der Waals surface area contributed by atoms with Gasteiger partial charge in [0, 0.05) is 11.9 Å². The molecule has 17 heavy (non-hydrogen) atoms. The van der Waals surface area contributed by atoms with E-state index >= 15 is 0 Å². The molecule has 4 nitrogen and oxygen atoms in total. The van der Waals surface area contributed by atoms with Crippen molar-refractivity contribution >= 4 is 5.97 Å². The molecule has 0 aliphatic heterocycles. The van der Waals surface area contributed by atoms with Gasteiger partial charge in [-0.05, 0) is 31.0 Å². The minimum atomic E-state index is -1.00. The number of benzene rings is 1. The second-order valence-electron chi connectivity index (χ2n) is 3.87. The summed E-state index contributed by atoms with van der Waals surface area (Å²) in [5.41, 5.74) is 2.26. The van der Waals surface area contributed by atoms with E-state index in [1.165, 1.54) is 5.56 Å². The van der Waals surface area contributed by atoms with Crippen LogP contribution in [-0.4, -0.2) is 20.6 Å². The normalized spacial score (nSPS) is 10.5. The SMILES string of the molecule is CCc1ccc(-n2cc(C(=O)O)nc2C)cc1. The Kier molecular flexibility index (Phi) is 2.95. The number of aromatic carboxylic acids is 1. The van der Waals surface area contributed by atoms with E-state index in [0.29, 0.717) is 5.82 Å². The minimum absolute atomic E-state index is 0.0714. The van der Waals surface area contributed by atoms with E-state index in [1.54, 1.807) is 17.7 Å². The summed E-state index contributed by atoms with van der Waals surface area (Å²) in [5.74, 6) is -0.330. The largest absolute Gasteiger partial charge is 0.476 e. The molecule has 0 amide bonds. The summed E-state index contributed by atoms with van der Waals surface area (Å²) in [6, 6.07) is 8.02. The lowest BCUT2D eigenvalue weighted by atomic mass is 10.1. The highest BCUT2D eigenvalue weighted by molar-refractivity contribution is 5.85. The number of aryl methyl sites for hydroxylation is 2. The van der Waals surface area contributed by atoms with Gasteiger partial charge in [-0.3, -0.25) is 0 Å². The van der Waals surface area contributed by atoms with Crippen LogP contribution in [0.25, 0.3) is 5.69 Å². The molecular formula is C13H14N2O2. The van der Waals surface area contributed by atoms with Gasteiger partial charge in [-0.1, -0.05) is 19.1 Å². The van der Waals surface area contributed by atoms with Crippen molar-refractivity contribution in [1.82, 2.24) is 9.55 Å². The molecule has 1 N–H and O–H groups in total. The van der Waals surface area contributed by atoms with Crippen molar-refractivity contribution in [2.45, 2.75) is 20.3 Å². The lowest BCUT2D eigenvalue weighted by molar-refractivity contribution is 0.0691. The Labute approximate surface area is 99.5 Å². The quantitative estimate of drug-likeness (QED) is 0.881. The Morgan fingerprint density at radius 2 is 2.00 bits per heavy atom. The molecule has 1 aromatic heterocycles. The smallest absolute Gasteiger partial charge is 0.356 e. The van der Waals surface area contributed by atoms with Crippen LogP contribution in [0.4, 0.5) is 0 Å². The number of carboxylic acids is 1. The van der Waals surface area contributed by atoms with Gasteiger partial charge >= 0.3 is 5.97 Å². The van der Waals surface area contributed by atoms with E-state index in [9.17, 15) is 4.79 Å². The van der Waals surface area contributed by atoms with Crippen LogP contribution in [0.3, 0.4) is 0 Å². The van der Waals surface area contributed by atoms with Crippen LogP contribution < -0.4 is 0 Å². The molecule has 0 spiro atoms. The van der Waals surface area contributed by atoms with Crippen LogP contribution in [-0.2, 0) is 6.42 Å². The first-order valence-corrected chi connectivity index (χ1v) is 5.50.